The summed E-state index contributed by atoms with van der Waals surface area (Å²) >= 11 is 1.49. The molecule has 2 rings (SSSR count). The molecule has 0 saturated heterocycles. The number of aromatic nitrogens is 2. The number of hydrogen-bond acceptors (Lipinski definition) is 5. The zero-order chi connectivity index (χ0) is 14.6. The van der Waals surface area contributed by atoms with Crippen LogP contribution in [0, 0.1) is 0 Å². The Kier molecular flexibility index (Phi) is 4.94. The average molecular weight is 293 g/mol. The van der Waals surface area contributed by atoms with Crippen molar-refractivity contribution in [2.75, 3.05) is 6.54 Å². The van der Waals surface area contributed by atoms with Crippen molar-refractivity contribution < 1.29 is 4.42 Å². The highest BCUT2D eigenvalue weighted by Crippen LogP contribution is 2.32. The molecule has 0 aliphatic heterocycles. The molecule has 0 aromatic carbocycles. The maximum Gasteiger partial charge on any atom is 0.105 e. The molecule has 1 N–H and O–H groups in total. The van der Waals surface area contributed by atoms with Crippen molar-refractivity contribution in [3.05, 3.63) is 34.7 Å². The minimum Gasteiger partial charge on any atom is -0.469 e. The third-order valence-electron chi connectivity index (χ3n) is 3.17. The molecule has 5 heteroatoms. The molecule has 110 valence electrons. The van der Waals surface area contributed by atoms with Gasteiger partial charge in [-0.15, -0.1) is 5.10 Å². The quantitative estimate of drug-likeness (QED) is 0.882. The van der Waals surface area contributed by atoms with Crippen molar-refractivity contribution in [3.8, 4) is 0 Å². The third kappa shape index (κ3) is 3.67. The number of nitrogens with one attached hydrogen (secondary N) is 1. The third-order valence-corrected chi connectivity index (χ3v) is 4.00. The van der Waals surface area contributed by atoms with Crippen LogP contribution in [0.5, 0.6) is 0 Å². The Morgan fingerprint density at radius 2 is 2.20 bits per heavy atom. The van der Waals surface area contributed by atoms with E-state index in [1.54, 1.807) is 6.26 Å². The smallest absolute Gasteiger partial charge is 0.105 e. The van der Waals surface area contributed by atoms with E-state index in [0.717, 1.165) is 30.8 Å². The lowest BCUT2D eigenvalue weighted by Crippen LogP contribution is -2.26. The van der Waals surface area contributed by atoms with E-state index < -0.39 is 0 Å². The molecule has 2 aromatic rings. The van der Waals surface area contributed by atoms with E-state index in [9.17, 15) is 0 Å². The standard InChI is InChI=1S/C15H23N3OS/c1-5-8-16-12(10-11-7-6-9-19-11)13-14(15(2,3)4)17-18-20-13/h6-7,9,12,16H,5,8,10H2,1-4H3. The first-order chi connectivity index (χ1) is 9.52. The summed E-state index contributed by atoms with van der Waals surface area (Å²) in [5.41, 5.74) is 1.10. The summed E-state index contributed by atoms with van der Waals surface area (Å²) in [4.78, 5) is 1.22. The van der Waals surface area contributed by atoms with Gasteiger partial charge in [0.05, 0.1) is 22.9 Å². The Morgan fingerprint density at radius 3 is 2.80 bits per heavy atom. The topological polar surface area (TPSA) is 51.0 Å². The molecule has 0 saturated carbocycles. The van der Waals surface area contributed by atoms with Gasteiger partial charge in [-0.2, -0.15) is 0 Å². The van der Waals surface area contributed by atoms with Crippen molar-refractivity contribution in [2.45, 2.75) is 52.0 Å². The lowest BCUT2D eigenvalue weighted by molar-refractivity contribution is 0.444. The predicted molar refractivity (Wildman–Crippen MR) is 82.1 cm³/mol. The normalized spacial score (nSPS) is 13.6. The van der Waals surface area contributed by atoms with Gasteiger partial charge in [-0.25, -0.2) is 0 Å². The summed E-state index contributed by atoms with van der Waals surface area (Å²) in [5.74, 6) is 0.992. The average Bonchev–Trinajstić information content (AvgIpc) is 3.03. The van der Waals surface area contributed by atoms with E-state index in [-0.39, 0.29) is 11.5 Å². The predicted octanol–water partition coefficient (Wildman–Crippen LogP) is 3.71. The van der Waals surface area contributed by atoms with Gasteiger partial charge >= 0.3 is 0 Å². The first-order valence-electron chi connectivity index (χ1n) is 7.11. The maximum absolute atomic E-state index is 5.49. The molecule has 0 radical (unpaired) electrons. The van der Waals surface area contributed by atoms with Gasteiger partial charge in [0.15, 0.2) is 0 Å². The molecule has 0 bridgehead atoms. The van der Waals surface area contributed by atoms with Crippen LogP contribution in [0.25, 0.3) is 0 Å². The van der Waals surface area contributed by atoms with Gasteiger partial charge in [0, 0.05) is 11.8 Å². The molecular weight excluding hydrogens is 270 g/mol. The van der Waals surface area contributed by atoms with E-state index in [1.165, 1.54) is 16.4 Å². The molecule has 20 heavy (non-hydrogen) atoms. The summed E-state index contributed by atoms with van der Waals surface area (Å²) in [6.45, 7) is 9.68. The lowest BCUT2D eigenvalue weighted by Gasteiger charge is -2.22. The van der Waals surface area contributed by atoms with Gasteiger partial charge in [0.1, 0.15) is 5.76 Å². The fourth-order valence-electron chi connectivity index (χ4n) is 2.15. The van der Waals surface area contributed by atoms with Crippen LogP contribution in [0.1, 0.15) is 56.5 Å². The zero-order valence-electron chi connectivity index (χ0n) is 12.6. The van der Waals surface area contributed by atoms with E-state index in [4.69, 9.17) is 4.42 Å². The number of nitrogens with zero attached hydrogens (tertiary/aromatic N) is 2. The Bertz CT molecular complexity index is 513. The second-order valence-electron chi connectivity index (χ2n) is 6.03. The SMILES string of the molecule is CCCNC(Cc1ccco1)c1snnc1C(C)(C)C. The molecule has 4 nitrogen and oxygen atoms in total. The monoisotopic (exact) mass is 293 g/mol. The van der Waals surface area contributed by atoms with Gasteiger partial charge in [0.2, 0.25) is 0 Å². The molecular formula is C15H23N3OS. The first-order valence-corrected chi connectivity index (χ1v) is 7.88. The summed E-state index contributed by atoms with van der Waals surface area (Å²) in [5, 5.41) is 7.94. The molecule has 0 fully saturated rings. The van der Waals surface area contributed by atoms with Crippen LogP contribution in [0.2, 0.25) is 0 Å². The van der Waals surface area contributed by atoms with Crippen molar-refractivity contribution in [2.24, 2.45) is 0 Å². The highest BCUT2D eigenvalue weighted by atomic mass is 32.1. The van der Waals surface area contributed by atoms with Gasteiger partial charge < -0.3 is 9.73 Å². The van der Waals surface area contributed by atoms with Crippen molar-refractivity contribution in [1.29, 1.82) is 0 Å². The van der Waals surface area contributed by atoms with Crippen LogP contribution in [0.3, 0.4) is 0 Å². The van der Waals surface area contributed by atoms with Crippen LogP contribution >= 0.6 is 11.5 Å². The van der Waals surface area contributed by atoms with Gasteiger partial charge in [-0.1, -0.05) is 32.2 Å². The van der Waals surface area contributed by atoms with E-state index in [1.807, 2.05) is 12.1 Å². The van der Waals surface area contributed by atoms with Crippen molar-refractivity contribution >= 4 is 11.5 Å². The van der Waals surface area contributed by atoms with Crippen LogP contribution in [0.4, 0.5) is 0 Å². The minimum atomic E-state index is 0.0115. The highest BCUT2D eigenvalue weighted by molar-refractivity contribution is 7.05. The summed E-state index contributed by atoms with van der Waals surface area (Å²) in [6.07, 6.45) is 3.66. The molecule has 2 heterocycles. The van der Waals surface area contributed by atoms with Crippen molar-refractivity contribution in [1.82, 2.24) is 14.9 Å². The largest absolute Gasteiger partial charge is 0.469 e. The van der Waals surface area contributed by atoms with Crippen LogP contribution < -0.4 is 5.32 Å². The molecule has 1 unspecified atom stereocenters. The molecule has 0 spiro atoms. The first kappa shape index (κ1) is 15.2. The van der Waals surface area contributed by atoms with Crippen LogP contribution in [-0.2, 0) is 11.8 Å². The van der Waals surface area contributed by atoms with E-state index in [0.29, 0.717) is 0 Å². The molecule has 0 aliphatic rings. The van der Waals surface area contributed by atoms with E-state index >= 15 is 0 Å². The fraction of sp³-hybridized carbons (Fsp3) is 0.600. The lowest BCUT2D eigenvalue weighted by atomic mass is 9.89. The van der Waals surface area contributed by atoms with Crippen LogP contribution in [0.15, 0.2) is 22.8 Å². The Balaban J connectivity index is 2.24. The van der Waals surface area contributed by atoms with Crippen molar-refractivity contribution in [3.63, 3.8) is 0 Å². The number of furan rings is 1. The Labute approximate surface area is 124 Å². The van der Waals surface area contributed by atoms with Gasteiger partial charge in [-0.05, 0) is 36.6 Å². The molecule has 0 aliphatic carbocycles. The minimum absolute atomic E-state index is 0.0115. The molecule has 1 atom stereocenters. The summed E-state index contributed by atoms with van der Waals surface area (Å²) in [7, 11) is 0. The fourth-order valence-corrected chi connectivity index (χ4v) is 3.09. The van der Waals surface area contributed by atoms with Crippen LogP contribution in [-0.4, -0.2) is 16.1 Å². The zero-order valence-corrected chi connectivity index (χ0v) is 13.5. The number of hydrogen-bond donors (Lipinski definition) is 1. The maximum atomic E-state index is 5.49. The summed E-state index contributed by atoms with van der Waals surface area (Å²) < 4.78 is 9.66. The second-order valence-corrected chi connectivity index (χ2v) is 6.81. The Morgan fingerprint density at radius 1 is 1.40 bits per heavy atom. The second kappa shape index (κ2) is 6.50. The Hall–Kier alpha value is -1.20. The molecule has 2 aromatic heterocycles. The molecule has 0 amide bonds. The summed E-state index contributed by atoms with van der Waals surface area (Å²) in [6, 6.07) is 4.17. The number of rotatable bonds is 6. The van der Waals surface area contributed by atoms with Gasteiger partial charge in [-0.3, -0.25) is 0 Å². The highest BCUT2D eigenvalue weighted by Gasteiger charge is 2.27. The van der Waals surface area contributed by atoms with E-state index in [2.05, 4.69) is 42.6 Å². The van der Waals surface area contributed by atoms with Gasteiger partial charge in [0.25, 0.3) is 0 Å².